The highest BCUT2D eigenvalue weighted by molar-refractivity contribution is 5.99. The monoisotopic (exact) mass is 424 g/mol. The Labute approximate surface area is 178 Å². The molecule has 7 heteroatoms. The van der Waals surface area contributed by atoms with E-state index in [1.807, 2.05) is 27.7 Å². The minimum absolute atomic E-state index is 0.0111. The van der Waals surface area contributed by atoms with Crippen molar-refractivity contribution in [1.82, 2.24) is 0 Å². The normalized spacial score (nSPS) is 21.6. The van der Waals surface area contributed by atoms with Gasteiger partial charge in [-0.15, -0.1) is 0 Å². The summed E-state index contributed by atoms with van der Waals surface area (Å²) in [5, 5.41) is 31.8. The summed E-state index contributed by atoms with van der Waals surface area (Å²) in [5.41, 5.74) is -0.281. The summed E-state index contributed by atoms with van der Waals surface area (Å²) < 4.78 is 17.8. The van der Waals surface area contributed by atoms with Gasteiger partial charge in [0.2, 0.25) is 5.43 Å². The molecule has 0 aliphatic carbocycles. The van der Waals surface area contributed by atoms with Gasteiger partial charge in [0.05, 0.1) is 22.7 Å². The molecule has 0 radical (unpaired) electrons. The number of phenols is 2. The Balaban J connectivity index is 1.83. The third kappa shape index (κ3) is 3.07. The second-order valence-corrected chi connectivity index (χ2v) is 9.34. The number of aromatic hydroxyl groups is 2. The van der Waals surface area contributed by atoms with Crippen LogP contribution in [0.5, 0.6) is 17.2 Å². The zero-order chi connectivity index (χ0) is 22.3. The number of ether oxygens (including phenoxy) is 2. The van der Waals surface area contributed by atoms with E-state index < -0.39 is 22.7 Å². The molecule has 7 nitrogen and oxygen atoms in total. The summed E-state index contributed by atoms with van der Waals surface area (Å²) in [7, 11) is 0. The molecule has 1 fully saturated rings. The molecule has 0 amide bonds. The van der Waals surface area contributed by atoms with Gasteiger partial charge in [0.15, 0.2) is 0 Å². The molecule has 162 valence electrons. The molecular formula is C24H24O7. The minimum Gasteiger partial charge on any atom is -0.508 e. The van der Waals surface area contributed by atoms with Crippen molar-refractivity contribution in [3.05, 3.63) is 45.6 Å². The smallest absolute Gasteiger partial charge is 0.204 e. The average Bonchev–Trinajstić information content (AvgIpc) is 3.33. The van der Waals surface area contributed by atoms with Crippen molar-refractivity contribution in [1.29, 1.82) is 0 Å². The van der Waals surface area contributed by atoms with Gasteiger partial charge in [-0.3, -0.25) is 4.79 Å². The number of rotatable bonds is 3. The summed E-state index contributed by atoms with van der Waals surface area (Å²) >= 11 is 0. The van der Waals surface area contributed by atoms with E-state index >= 15 is 0 Å². The molecule has 5 rings (SSSR count). The predicted octanol–water partition coefficient (Wildman–Crippen LogP) is 3.62. The highest BCUT2D eigenvalue weighted by Crippen LogP contribution is 2.47. The van der Waals surface area contributed by atoms with Crippen molar-refractivity contribution >= 4 is 28.0 Å². The van der Waals surface area contributed by atoms with Crippen LogP contribution in [0.2, 0.25) is 0 Å². The fourth-order valence-corrected chi connectivity index (χ4v) is 4.31. The van der Waals surface area contributed by atoms with Crippen LogP contribution in [0.3, 0.4) is 0 Å². The van der Waals surface area contributed by atoms with Crippen molar-refractivity contribution in [3.8, 4) is 17.2 Å². The van der Waals surface area contributed by atoms with Gasteiger partial charge in [0.1, 0.15) is 45.5 Å². The second-order valence-electron chi connectivity index (χ2n) is 9.34. The first-order valence-electron chi connectivity index (χ1n) is 10.2. The van der Waals surface area contributed by atoms with Crippen molar-refractivity contribution in [3.63, 3.8) is 0 Å². The predicted molar refractivity (Wildman–Crippen MR) is 116 cm³/mol. The first-order valence-corrected chi connectivity index (χ1v) is 10.2. The van der Waals surface area contributed by atoms with Crippen LogP contribution in [-0.2, 0) is 11.2 Å². The van der Waals surface area contributed by atoms with Crippen LogP contribution in [0.15, 0.2) is 33.5 Å². The molecule has 2 aliphatic rings. The van der Waals surface area contributed by atoms with Crippen molar-refractivity contribution in [2.24, 2.45) is 0 Å². The molecule has 0 spiro atoms. The third-order valence-electron chi connectivity index (χ3n) is 6.00. The van der Waals surface area contributed by atoms with Crippen molar-refractivity contribution in [2.75, 3.05) is 0 Å². The minimum atomic E-state index is -0.856. The number of hydrogen-bond donors (Lipinski definition) is 3. The van der Waals surface area contributed by atoms with E-state index in [1.54, 1.807) is 12.2 Å². The lowest BCUT2D eigenvalue weighted by Gasteiger charge is -2.30. The molecule has 31 heavy (non-hydrogen) atoms. The number of aliphatic hydroxyl groups is 1. The number of phenolic OH excluding ortho intramolecular Hbond substituents is 2. The van der Waals surface area contributed by atoms with E-state index in [9.17, 15) is 20.1 Å². The molecule has 3 N–H and O–H groups in total. The highest BCUT2D eigenvalue weighted by Gasteiger charge is 2.52. The molecule has 1 saturated heterocycles. The fraction of sp³-hybridized carbons (Fsp3) is 0.375. The van der Waals surface area contributed by atoms with E-state index in [4.69, 9.17) is 13.9 Å². The van der Waals surface area contributed by atoms with Crippen LogP contribution >= 0.6 is 0 Å². The Bertz CT molecular complexity index is 1330. The van der Waals surface area contributed by atoms with E-state index in [1.165, 1.54) is 18.2 Å². The first kappa shape index (κ1) is 19.9. The van der Waals surface area contributed by atoms with Crippen LogP contribution in [0, 0.1) is 0 Å². The van der Waals surface area contributed by atoms with Crippen molar-refractivity contribution in [2.45, 2.75) is 57.5 Å². The maximum absolute atomic E-state index is 13.3. The molecule has 2 aromatic carbocycles. The Morgan fingerprint density at radius 1 is 1.16 bits per heavy atom. The van der Waals surface area contributed by atoms with E-state index in [0.717, 1.165) is 0 Å². The molecule has 1 aromatic heterocycles. The lowest BCUT2D eigenvalue weighted by atomic mass is 9.92. The first-order chi connectivity index (χ1) is 14.5. The topological polar surface area (TPSA) is 113 Å². The molecular weight excluding hydrogens is 400 g/mol. The van der Waals surface area contributed by atoms with Crippen LogP contribution in [-0.4, -0.2) is 38.7 Å². The lowest BCUT2D eigenvalue weighted by Crippen LogP contribution is -2.30. The summed E-state index contributed by atoms with van der Waals surface area (Å²) in [6.45, 7) is 7.54. The summed E-state index contributed by atoms with van der Waals surface area (Å²) in [4.78, 5) is 13.3. The largest absolute Gasteiger partial charge is 0.508 e. The van der Waals surface area contributed by atoms with Gasteiger partial charge in [0, 0.05) is 12.0 Å². The maximum atomic E-state index is 13.3. The zero-order valence-corrected chi connectivity index (χ0v) is 17.7. The van der Waals surface area contributed by atoms with Crippen LogP contribution in [0.1, 0.15) is 38.8 Å². The third-order valence-corrected chi connectivity index (χ3v) is 6.00. The summed E-state index contributed by atoms with van der Waals surface area (Å²) in [6.07, 6.45) is 2.41. The van der Waals surface area contributed by atoms with Gasteiger partial charge in [-0.1, -0.05) is 0 Å². The Hall–Kier alpha value is -3.03. The van der Waals surface area contributed by atoms with Gasteiger partial charge >= 0.3 is 0 Å². The van der Waals surface area contributed by atoms with Crippen molar-refractivity contribution < 1.29 is 29.2 Å². The Morgan fingerprint density at radius 3 is 2.55 bits per heavy atom. The number of hydrogen-bond acceptors (Lipinski definition) is 7. The molecule has 2 aliphatic heterocycles. The van der Waals surface area contributed by atoms with E-state index in [-0.39, 0.29) is 46.0 Å². The Kier molecular flexibility index (Phi) is 4.01. The average molecular weight is 424 g/mol. The SMILES string of the molecule is CC1(C)C=Cc2c(c(CC(O)C3OC3(C)C)c3oc4ccc(O)cc4c(=O)c3c2O)O1. The van der Waals surface area contributed by atoms with E-state index in [0.29, 0.717) is 16.9 Å². The summed E-state index contributed by atoms with van der Waals surface area (Å²) in [6, 6.07) is 4.23. The van der Waals surface area contributed by atoms with Gasteiger partial charge in [0.25, 0.3) is 0 Å². The second kappa shape index (κ2) is 6.24. The highest BCUT2D eigenvalue weighted by atomic mass is 16.6. The molecule has 0 bridgehead atoms. The number of benzene rings is 2. The summed E-state index contributed by atoms with van der Waals surface area (Å²) in [5.74, 6) is 0.0404. The quantitative estimate of drug-likeness (QED) is 0.435. The molecule has 3 heterocycles. The van der Waals surface area contributed by atoms with Gasteiger partial charge in [-0.25, -0.2) is 0 Å². The maximum Gasteiger partial charge on any atom is 0.204 e. The van der Waals surface area contributed by atoms with Gasteiger partial charge < -0.3 is 29.2 Å². The van der Waals surface area contributed by atoms with E-state index in [2.05, 4.69) is 0 Å². The standard InChI is InChI=1S/C24H24O7/c1-23(2)8-7-12-18(27)17-19(28)13-9-11(25)5-6-16(13)29-21(17)14(20(12)30-23)10-15(26)22-24(3,4)31-22/h5-9,15,22,25-27H,10H2,1-4H3. The van der Waals surface area contributed by atoms with Crippen LogP contribution < -0.4 is 10.2 Å². The zero-order valence-electron chi connectivity index (χ0n) is 17.7. The number of epoxide rings is 1. The molecule has 3 aromatic rings. The fourth-order valence-electron chi connectivity index (χ4n) is 4.31. The van der Waals surface area contributed by atoms with Gasteiger partial charge in [-0.2, -0.15) is 0 Å². The molecule has 2 atom stereocenters. The molecule has 2 unspecified atom stereocenters. The Morgan fingerprint density at radius 2 is 1.87 bits per heavy atom. The lowest BCUT2D eigenvalue weighted by molar-refractivity contribution is 0.128. The van der Waals surface area contributed by atoms with Crippen LogP contribution in [0.4, 0.5) is 0 Å². The number of aliphatic hydroxyl groups excluding tert-OH is 1. The number of fused-ring (bicyclic) bond motifs is 3. The molecule has 0 saturated carbocycles. The van der Waals surface area contributed by atoms with Gasteiger partial charge in [-0.05, 0) is 58.0 Å². The van der Waals surface area contributed by atoms with Crippen LogP contribution in [0.25, 0.3) is 28.0 Å².